The molecule has 0 bridgehead atoms. The van der Waals surface area contributed by atoms with E-state index in [0.29, 0.717) is 19.6 Å². The Bertz CT molecular complexity index is 1220. The molecule has 6 nitrogen and oxygen atoms in total. The van der Waals surface area contributed by atoms with Gasteiger partial charge in [0, 0.05) is 31.2 Å². The molecule has 1 fully saturated rings. The number of aryl methyl sites for hydroxylation is 1. The van der Waals surface area contributed by atoms with Crippen molar-refractivity contribution in [1.82, 2.24) is 9.80 Å². The van der Waals surface area contributed by atoms with E-state index < -0.39 is 0 Å². The molecule has 33 heavy (non-hydrogen) atoms. The third-order valence-corrected chi connectivity index (χ3v) is 6.20. The van der Waals surface area contributed by atoms with Gasteiger partial charge in [-0.2, -0.15) is 0 Å². The molecule has 1 amide bonds. The number of benzene rings is 3. The van der Waals surface area contributed by atoms with E-state index in [0.717, 1.165) is 45.5 Å². The predicted octanol–water partition coefficient (Wildman–Crippen LogP) is 5.03. The first kappa shape index (κ1) is 21.1. The van der Waals surface area contributed by atoms with Crippen molar-refractivity contribution in [3.63, 3.8) is 0 Å². The van der Waals surface area contributed by atoms with Crippen molar-refractivity contribution in [3.05, 3.63) is 83.4 Å². The SMILES string of the molecule is COc1ccc2c(c1)C(N1CCN(C(=O)c3ccccc3)[C@@H](C)C1)=Nc1ccc(C)cc1O2. The zero-order valence-corrected chi connectivity index (χ0v) is 19.1. The number of hydrogen-bond donors (Lipinski definition) is 0. The Morgan fingerprint density at radius 2 is 1.85 bits per heavy atom. The van der Waals surface area contributed by atoms with Crippen molar-refractivity contribution < 1.29 is 14.3 Å². The van der Waals surface area contributed by atoms with Gasteiger partial charge in [-0.15, -0.1) is 0 Å². The van der Waals surface area contributed by atoms with E-state index in [2.05, 4.69) is 11.8 Å². The molecule has 1 saturated heterocycles. The maximum atomic E-state index is 13.1. The first-order chi connectivity index (χ1) is 16.0. The monoisotopic (exact) mass is 441 g/mol. The van der Waals surface area contributed by atoms with Crippen LogP contribution in [0.3, 0.4) is 0 Å². The molecule has 0 saturated carbocycles. The van der Waals surface area contributed by atoms with Crippen LogP contribution in [-0.2, 0) is 0 Å². The second-order valence-electron chi connectivity index (χ2n) is 8.53. The summed E-state index contributed by atoms with van der Waals surface area (Å²) in [7, 11) is 1.66. The minimum Gasteiger partial charge on any atom is -0.497 e. The van der Waals surface area contributed by atoms with Crippen molar-refractivity contribution in [2.24, 2.45) is 4.99 Å². The van der Waals surface area contributed by atoms with Crippen molar-refractivity contribution in [2.75, 3.05) is 26.7 Å². The molecule has 3 aromatic carbocycles. The Morgan fingerprint density at radius 3 is 2.61 bits per heavy atom. The lowest BCUT2D eigenvalue weighted by Crippen LogP contribution is -2.55. The number of carbonyl (C=O) groups excluding carboxylic acids is 1. The van der Waals surface area contributed by atoms with Gasteiger partial charge in [0.2, 0.25) is 0 Å². The fourth-order valence-electron chi connectivity index (χ4n) is 4.43. The number of carbonyl (C=O) groups is 1. The molecule has 0 N–H and O–H groups in total. The van der Waals surface area contributed by atoms with Gasteiger partial charge in [0.05, 0.1) is 12.7 Å². The van der Waals surface area contributed by atoms with Crippen LogP contribution in [0.4, 0.5) is 5.69 Å². The van der Waals surface area contributed by atoms with Gasteiger partial charge in [-0.25, -0.2) is 4.99 Å². The van der Waals surface area contributed by atoms with Crippen LogP contribution in [0.5, 0.6) is 17.2 Å². The van der Waals surface area contributed by atoms with Gasteiger partial charge < -0.3 is 19.3 Å². The molecule has 0 unspecified atom stereocenters. The fraction of sp³-hybridized carbons (Fsp3) is 0.259. The fourth-order valence-corrected chi connectivity index (χ4v) is 4.43. The standard InChI is InChI=1S/C27H27N3O3/c1-18-9-11-23-25(15-18)33-24-12-10-21(32-3)16-22(24)26(28-23)29-13-14-30(19(2)17-29)27(31)20-7-5-4-6-8-20/h4-12,15-16,19H,13-14,17H2,1-3H3/t19-/m0/s1. The highest BCUT2D eigenvalue weighted by molar-refractivity contribution is 6.04. The number of amidine groups is 1. The minimum atomic E-state index is 0.0323. The number of ether oxygens (including phenoxy) is 2. The summed E-state index contributed by atoms with van der Waals surface area (Å²) in [5.41, 5.74) is 3.51. The number of piperazine rings is 1. The van der Waals surface area contributed by atoms with Gasteiger partial charge in [-0.05, 0) is 61.9 Å². The van der Waals surface area contributed by atoms with Crippen LogP contribution in [-0.4, -0.2) is 54.3 Å². The number of amides is 1. The smallest absolute Gasteiger partial charge is 0.254 e. The van der Waals surface area contributed by atoms with Crippen LogP contribution in [0.1, 0.15) is 28.4 Å². The van der Waals surface area contributed by atoms with E-state index in [1.165, 1.54) is 0 Å². The maximum absolute atomic E-state index is 13.1. The Hall–Kier alpha value is -3.80. The van der Waals surface area contributed by atoms with E-state index >= 15 is 0 Å². The summed E-state index contributed by atoms with van der Waals surface area (Å²) in [6.45, 7) is 6.10. The molecule has 3 aromatic rings. The van der Waals surface area contributed by atoms with Crippen LogP contribution in [0.2, 0.25) is 0 Å². The van der Waals surface area contributed by atoms with Gasteiger partial charge in [0.25, 0.3) is 5.91 Å². The summed E-state index contributed by atoms with van der Waals surface area (Å²) in [6, 6.07) is 21.3. The Kier molecular flexibility index (Phi) is 5.50. The lowest BCUT2D eigenvalue weighted by atomic mass is 10.1. The van der Waals surface area contributed by atoms with Crippen LogP contribution < -0.4 is 9.47 Å². The maximum Gasteiger partial charge on any atom is 0.254 e. The van der Waals surface area contributed by atoms with Gasteiger partial charge in [0.1, 0.15) is 23.0 Å². The lowest BCUT2D eigenvalue weighted by Gasteiger charge is -2.41. The van der Waals surface area contributed by atoms with E-state index in [9.17, 15) is 4.79 Å². The second kappa shape index (κ2) is 8.62. The van der Waals surface area contributed by atoms with Gasteiger partial charge in [0.15, 0.2) is 5.75 Å². The number of aliphatic imine (C=N–C) groups is 1. The topological polar surface area (TPSA) is 54.4 Å². The molecule has 2 aliphatic heterocycles. The highest BCUT2D eigenvalue weighted by atomic mass is 16.5. The highest BCUT2D eigenvalue weighted by Gasteiger charge is 2.32. The van der Waals surface area contributed by atoms with E-state index in [-0.39, 0.29) is 11.9 Å². The molecule has 0 aliphatic carbocycles. The summed E-state index contributed by atoms with van der Waals surface area (Å²) in [4.78, 5) is 22.3. The zero-order valence-electron chi connectivity index (χ0n) is 19.1. The minimum absolute atomic E-state index is 0.0323. The third-order valence-electron chi connectivity index (χ3n) is 6.20. The van der Waals surface area contributed by atoms with Crippen LogP contribution in [0.15, 0.2) is 71.7 Å². The van der Waals surface area contributed by atoms with Crippen molar-refractivity contribution >= 4 is 17.4 Å². The Labute approximate surface area is 194 Å². The first-order valence-electron chi connectivity index (χ1n) is 11.2. The van der Waals surface area contributed by atoms with E-state index in [4.69, 9.17) is 14.5 Å². The Balaban J connectivity index is 1.49. The summed E-state index contributed by atoms with van der Waals surface area (Å²) < 4.78 is 11.8. The molecular formula is C27H27N3O3. The van der Waals surface area contributed by atoms with Gasteiger partial charge in [-0.1, -0.05) is 24.3 Å². The third kappa shape index (κ3) is 4.04. The zero-order chi connectivity index (χ0) is 22.9. The van der Waals surface area contributed by atoms with E-state index in [1.54, 1.807) is 7.11 Å². The first-order valence-corrected chi connectivity index (χ1v) is 11.2. The van der Waals surface area contributed by atoms with Crippen LogP contribution in [0.25, 0.3) is 0 Å². The number of rotatable bonds is 2. The molecule has 0 aromatic heterocycles. The summed E-state index contributed by atoms with van der Waals surface area (Å²) in [6.07, 6.45) is 0. The summed E-state index contributed by atoms with van der Waals surface area (Å²) in [5.74, 6) is 3.14. The molecule has 6 heteroatoms. The van der Waals surface area contributed by atoms with E-state index in [1.807, 2.05) is 78.6 Å². The number of methoxy groups -OCH3 is 1. The summed E-state index contributed by atoms with van der Waals surface area (Å²) >= 11 is 0. The highest BCUT2D eigenvalue weighted by Crippen LogP contribution is 2.40. The largest absolute Gasteiger partial charge is 0.497 e. The van der Waals surface area contributed by atoms with Crippen molar-refractivity contribution in [1.29, 1.82) is 0 Å². The van der Waals surface area contributed by atoms with Gasteiger partial charge >= 0.3 is 0 Å². The van der Waals surface area contributed by atoms with Crippen LogP contribution >= 0.6 is 0 Å². The average molecular weight is 442 g/mol. The van der Waals surface area contributed by atoms with Gasteiger partial charge in [-0.3, -0.25) is 4.79 Å². The predicted molar refractivity (Wildman–Crippen MR) is 129 cm³/mol. The molecular weight excluding hydrogens is 414 g/mol. The molecule has 168 valence electrons. The molecule has 1 atom stereocenters. The number of fused-ring (bicyclic) bond motifs is 2. The van der Waals surface area contributed by atoms with Crippen molar-refractivity contribution in [3.8, 4) is 17.2 Å². The molecule has 2 heterocycles. The van der Waals surface area contributed by atoms with Crippen molar-refractivity contribution in [2.45, 2.75) is 19.9 Å². The normalized spacial score (nSPS) is 17.3. The second-order valence-corrected chi connectivity index (χ2v) is 8.53. The molecule has 0 radical (unpaired) electrons. The van der Waals surface area contributed by atoms with Crippen LogP contribution in [0, 0.1) is 6.92 Å². The molecule has 5 rings (SSSR count). The number of nitrogens with zero attached hydrogens (tertiary/aromatic N) is 3. The summed E-state index contributed by atoms with van der Waals surface area (Å²) in [5, 5.41) is 0. The number of hydrogen-bond acceptors (Lipinski definition) is 5. The molecule has 2 aliphatic rings. The average Bonchev–Trinajstić information content (AvgIpc) is 3.00. The quantitative estimate of drug-likeness (QED) is 0.560. The Morgan fingerprint density at radius 1 is 1.03 bits per heavy atom. The lowest BCUT2D eigenvalue weighted by molar-refractivity contribution is 0.0581. The molecule has 0 spiro atoms.